The molecule has 0 aromatic heterocycles. The fraction of sp³-hybridized carbons (Fsp3) is 0.571. The first-order valence-electron chi connectivity index (χ1n) is 6.33. The van der Waals surface area contributed by atoms with Crippen LogP contribution in [0.2, 0.25) is 0 Å². The van der Waals surface area contributed by atoms with Gasteiger partial charge in [0.1, 0.15) is 0 Å². The van der Waals surface area contributed by atoms with Gasteiger partial charge in [-0.3, -0.25) is 0 Å². The van der Waals surface area contributed by atoms with E-state index in [1.165, 1.54) is 12.0 Å². The Morgan fingerprint density at radius 1 is 1.19 bits per heavy atom. The molecule has 2 nitrogen and oxygen atoms in total. The van der Waals surface area contributed by atoms with Crippen LogP contribution in [0.5, 0.6) is 0 Å². The lowest BCUT2D eigenvalue weighted by molar-refractivity contribution is 0.116. The van der Waals surface area contributed by atoms with Crippen LogP contribution in [-0.2, 0) is 6.42 Å². The summed E-state index contributed by atoms with van der Waals surface area (Å²) >= 11 is 0. The van der Waals surface area contributed by atoms with Crippen molar-refractivity contribution >= 4 is 5.69 Å². The van der Waals surface area contributed by atoms with Crippen LogP contribution >= 0.6 is 0 Å². The van der Waals surface area contributed by atoms with Crippen LogP contribution in [-0.4, -0.2) is 17.3 Å². The summed E-state index contributed by atoms with van der Waals surface area (Å²) < 4.78 is 0. The number of aryl methyl sites for hydroxylation is 1. The van der Waals surface area contributed by atoms with E-state index < -0.39 is 0 Å². The molecule has 2 atom stereocenters. The number of hydrogen-bond donors (Lipinski definition) is 2. The summed E-state index contributed by atoms with van der Waals surface area (Å²) in [6.07, 6.45) is 5.29. The second-order valence-electron chi connectivity index (χ2n) is 4.65. The van der Waals surface area contributed by atoms with Gasteiger partial charge in [0.15, 0.2) is 0 Å². The summed E-state index contributed by atoms with van der Waals surface area (Å²) in [5, 5.41) is 13.3. The number of aliphatic hydroxyl groups excluding tert-OH is 1. The molecule has 0 radical (unpaired) electrons. The zero-order valence-corrected chi connectivity index (χ0v) is 9.95. The Hall–Kier alpha value is -1.02. The predicted molar refractivity (Wildman–Crippen MR) is 67.7 cm³/mol. The molecule has 1 aliphatic rings. The maximum atomic E-state index is 9.87. The van der Waals surface area contributed by atoms with Gasteiger partial charge < -0.3 is 10.4 Å². The van der Waals surface area contributed by atoms with Crippen LogP contribution in [0, 0.1) is 0 Å². The molecule has 1 aliphatic carbocycles. The van der Waals surface area contributed by atoms with E-state index in [1.807, 2.05) is 0 Å². The minimum absolute atomic E-state index is 0.181. The smallest absolute Gasteiger partial charge is 0.0741 e. The molecular formula is C14H21NO. The van der Waals surface area contributed by atoms with E-state index in [1.54, 1.807) is 0 Å². The molecule has 0 amide bonds. The monoisotopic (exact) mass is 219 g/mol. The standard InChI is InChI=1S/C14H21NO/c1-2-11-7-9-12(10-8-11)15-13-5-3-4-6-14(13)16/h7-10,13-16H,2-6H2,1H3. The van der Waals surface area contributed by atoms with E-state index >= 15 is 0 Å². The normalized spacial score (nSPS) is 25.4. The summed E-state index contributed by atoms with van der Waals surface area (Å²) in [6.45, 7) is 2.16. The Bertz CT molecular complexity index is 320. The van der Waals surface area contributed by atoms with Gasteiger partial charge in [-0.15, -0.1) is 0 Å². The van der Waals surface area contributed by atoms with E-state index in [-0.39, 0.29) is 12.1 Å². The zero-order chi connectivity index (χ0) is 11.4. The van der Waals surface area contributed by atoms with E-state index in [2.05, 4.69) is 36.5 Å². The van der Waals surface area contributed by atoms with Crippen LogP contribution in [0.4, 0.5) is 5.69 Å². The van der Waals surface area contributed by atoms with Gasteiger partial charge in [0.05, 0.1) is 12.1 Å². The quantitative estimate of drug-likeness (QED) is 0.819. The van der Waals surface area contributed by atoms with Crippen molar-refractivity contribution in [1.29, 1.82) is 0 Å². The zero-order valence-electron chi connectivity index (χ0n) is 9.95. The molecule has 88 valence electrons. The summed E-state index contributed by atoms with van der Waals surface area (Å²) in [5.41, 5.74) is 2.48. The third-order valence-corrected chi connectivity index (χ3v) is 3.44. The molecule has 2 rings (SSSR count). The third kappa shape index (κ3) is 2.76. The number of benzene rings is 1. The lowest BCUT2D eigenvalue weighted by atomic mass is 9.92. The lowest BCUT2D eigenvalue weighted by Gasteiger charge is -2.29. The topological polar surface area (TPSA) is 32.3 Å². The van der Waals surface area contributed by atoms with Gasteiger partial charge in [-0.05, 0) is 37.0 Å². The fourth-order valence-corrected chi connectivity index (χ4v) is 2.33. The highest BCUT2D eigenvalue weighted by atomic mass is 16.3. The van der Waals surface area contributed by atoms with Crippen LogP contribution in [0.25, 0.3) is 0 Å². The highest BCUT2D eigenvalue weighted by molar-refractivity contribution is 5.45. The molecule has 0 spiro atoms. The Balaban J connectivity index is 1.96. The highest BCUT2D eigenvalue weighted by Gasteiger charge is 2.22. The van der Waals surface area contributed by atoms with Crippen molar-refractivity contribution in [1.82, 2.24) is 0 Å². The summed E-state index contributed by atoms with van der Waals surface area (Å²) in [5.74, 6) is 0. The van der Waals surface area contributed by atoms with E-state index in [4.69, 9.17) is 0 Å². The first kappa shape index (κ1) is 11.5. The summed E-state index contributed by atoms with van der Waals surface area (Å²) in [4.78, 5) is 0. The van der Waals surface area contributed by atoms with Crippen molar-refractivity contribution < 1.29 is 5.11 Å². The summed E-state index contributed by atoms with van der Waals surface area (Å²) in [7, 11) is 0. The molecule has 1 saturated carbocycles. The molecule has 2 N–H and O–H groups in total. The number of rotatable bonds is 3. The molecule has 1 aromatic rings. The Morgan fingerprint density at radius 2 is 1.88 bits per heavy atom. The van der Waals surface area contributed by atoms with Gasteiger partial charge in [-0.2, -0.15) is 0 Å². The first-order valence-corrected chi connectivity index (χ1v) is 6.33. The van der Waals surface area contributed by atoms with Crippen molar-refractivity contribution in [2.45, 2.75) is 51.2 Å². The van der Waals surface area contributed by atoms with Crippen molar-refractivity contribution in [3.8, 4) is 0 Å². The molecule has 0 bridgehead atoms. The minimum atomic E-state index is -0.181. The van der Waals surface area contributed by atoms with Gasteiger partial charge in [-0.25, -0.2) is 0 Å². The molecule has 2 heteroatoms. The molecule has 0 saturated heterocycles. The Labute approximate surface area is 97.7 Å². The Morgan fingerprint density at radius 3 is 2.50 bits per heavy atom. The Kier molecular flexibility index (Phi) is 3.83. The minimum Gasteiger partial charge on any atom is -0.391 e. The second-order valence-corrected chi connectivity index (χ2v) is 4.65. The average molecular weight is 219 g/mol. The lowest BCUT2D eigenvalue weighted by Crippen LogP contribution is -2.36. The third-order valence-electron chi connectivity index (χ3n) is 3.44. The number of anilines is 1. The van der Waals surface area contributed by atoms with Crippen molar-refractivity contribution in [3.05, 3.63) is 29.8 Å². The molecule has 16 heavy (non-hydrogen) atoms. The van der Waals surface area contributed by atoms with Gasteiger partial charge in [0.25, 0.3) is 0 Å². The van der Waals surface area contributed by atoms with E-state index in [0.717, 1.165) is 31.4 Å². The van der Waals surface area contributed by atoms with Gasteiger partial charge >= 0.3 is 0 Å². The molecule has 0 heterocycles. The van der Waals surface area contributed by atoms with Crippen molar-refractivity contribution in [2.24, 2.45) is 0 Å². The maximum absolute atomic E-state index is 9.87. The van der Waals surface area contributed by atoms with Gasteiger partial charge in [0.2, 0.25) is 0 Å². The van der Waals surface area contributed by atoms with Crippen LogP contribution in [0.1, 0.15) is 38.2 Å². The molecule has 1 fully saturated rings. The van der Waals surface area contributed by atoms with Gasteiger partial charge in [0, 0.05) is 5.69 Å². The first-order chi connectivity index (χ1) is 7.79. The number of hydrogen-bond acceptors (Lipinski definition) is 2. The van der Waals surface area contributed by atoms with E-state index in [0.29, 0.717) is 0 Å². The fourth-order valence-electron chi connectivity index (χ4n) is 2.33. The van der Waals surface area contributed by atoms with Crippen LogP contribution < -0.4 is 5.32 Å². The molecule has 2 unspecified atom stereocenters. The molecular weight excluding hydrogens is 198 g/mol. The van der Waals surface area contributed by atoms with Crippen molar-refractivity contribution in [3.63, 3.8) is 0 Å². The molecule has 0 aliphatic heterocycles. The van der Waals surface area contributed by atoms with Crippen molar-refractivity contribution in [2.75, 3.05) is 5.32 Å². The SMILES string of the molecule is CCc1ccc(NC2CCCCC2O)cc1. The average Bonchev–Trinajstić information content (AvgIpc) is 2.33. The number of aliphatic hydroxyl groups is 1. The van der Waals surface area contributed by atoms with Crippen LogP contribution in [0.3, 0.4) is 0 Å². The van der Waals surface area contributed by atoms with Crippen LogP contribution in [0.15, 0.2) is 24.3 Å². The molecule has 1 aromatic carbocycles. The summed E-state index contributed by atoms with van der Waals surface area (Å²) in [6, 6.07) is 8.76. The number of nitrogens with one attached hydrogen (secondary N) is 1. The largest absolute Gasteiger partial charge is 0.391 e. The van der Waals surface area contributed by atoms with E-state index in [9.17, 15) is 5.11 Å². The maximum Gasteiger partial charge on any atom is 0.0741 e. The highest BCUT2D eigenvalue weighted by Crippen LogP contribution is 2.22. The van der Waals surface area contributed by atoms with Gasteiger partial charge in [-0.1, -0.05) is 31.9 Å². The second kappa shape index (κ2) is 5.35. The predicted octanol–water partition coefficient (Wildman–Crippen LogP) is 2.96.